The van der Waals surface area contributed by atoms with Crippen molar-refractivity contribution in [3.63, 3.8) is 0 Å². The molecule has 0 aliphatic heterocycles. The minimum absolute atomic E-state index is 0.154. The highest BCUT2D eigenvalue weighted by Gasteiger charge is 2.18. The number of aliphatic hydroxyl groups is 1. The van der Waals surface area contributed by atoms with Gasteiger partial charge in [-0.1, -0.05) is 22.9 Å². The predicted molar refractivity (Wildman–Crippen MR) is 57.3 cm³/mol. The van der Waals surface area contributed by atoms with E-state index < -0.39 is 11.9 Å². The Hall–Kier alpha value is -0.450. The summed E-state index contributed by atoms with van der Waals surface area (Å²) in [6.45, 7) is 2.11. The molecule has 4 heteroatoms. The lowest BCUT2D eigenvalue weighted by molar-refractivity contribution is 0.117. The minimum atomic E-state index is -0.850. The molecule has 0 spiro atoms. The second-order valence-electron chi connectivity index (χ2n) is 3.32. The molecule has 0 fully saturated rings. The summed E-state index contributed by atoms with van der Waals surface area (Å²) < 4.78 is 14.0. The van der Waals surface area contributed by atoms with Crippen LogP contribution in [0.4, 0.5) is 4.39 Å². The number of halogens is 2. The normalized spacial score (nSPS) is 15.2. The molecule has 0 radical (unpaired) electrons. The number of hydrogen-bond donors (Lipinski definition) is 2. The van der Waals surface area contributed by atoms with Crippen LogP contribution in [0, 0.1) is 11.7 Å². The Morgan fingerprint density at radius 3 is 2.79 bits per heavy atom. The first kappa shape index (κ1) is 11.6. The van der Waals surface area contributed by atoms with E-state index in [4.69, 9.17) is 5.73 Å². The lowest BCUT2D eigenvalue weighted by Gasteiger charge is -2.18. The quantitative estimate of drug-likeness (QED) is 0.877. The molecule has 1 aromatic carbocycles. The largest absolute Gasteiger partial charge is 0.388 e. The SMILES string of the molecule is CC(CN)C(O)c1cc(Br)ccc1F. The second-order valence-corrected chi connectivity index (χ2v) is 4.24. The van der Waals surface area contributed by atoms with Crippen molar-refractivity contribution < 1.29 is 9.50 Å². The maximum Gasteiger partial charge on any atom is 0.129 e. The number of rotatable bonds is 3. The first-order valence-electron chi connectivity index (χ1n) is 4.39. The van der Waals surface area contributed by atoms with Crippen molar-refractivity contribution in [3.05, 3.63) is 34.1 Å². The maximum absolute atomic E-state index is 13.3. The topological polar surface area (TPSA) is 46.2 Å². The van der Waals surface area contributed by atoms with Crippen LogP contribution in [0.15, 0.2) is 22.7 Å². The summed E-state index contributed by atoms with van der Waals surface area (Å²) in [6, 6.07) is 4.50. The first-order chi connectivity index (χ1) is 6.56. The summed E-state index contributed by atoms with van der Waals surface area (Å²) in [4.78, 5) is 0. The van der Waals surface area contributed by atoms with Gasteiger partial charge >= 0.3 is 0 Å². The van der Waals surface area contributed by atoms with Gasteiger partial charge in [0.25, 0.3) is 0 Å². The Bertz CT molecular complexity index is 319. The third-order valence-electron chi connectivity index (χ3n) is 2.19. The third kappa shape index (κ3) is 2.53. The van der Waals surface area contributed by atoms with E-state index in [1.807, 2.05) is 0 Å². The molecule has 1 aromatic rings. The molecule has 2 unspecified atom stereocenters. The number of benzene rings is 1. The van der Waals surface area contributed by atoms with E-state index in [1.165, 1.54) is 6.07 Å². The van der Waals surface area contributed by atoms with Crippen molar-refractivity contribution in [1.29, 1.82) is 0 Å². The summed E-state index contributed by atoms with van der Waals surface area (Å²) in [5.74, 6) is -0.556. The Kier molecular flexibility index (Phi) is 4.04. The molecule has 0 heterocycles. The fourth-order valence-corrected chi connectivity index (χ4v) is 1.56. The van der Waals surface area contributed by atoms with Crippen LogP contribution in [0.25, 0.3) is 0 Å². The Labute approximate surface area is 91.1 Å². The highest BCUT2D eigenvalue weighted by Crippen LogP contribution is 2.26. The predicted octanol–water partition coefficient (Wildman–Crippen LogP) is 2.22. The number of hydrogen-bond acceptors (Lipinski definition) is 2. The summed E-state index contributed by atoms with van der Waals surface area (Å²) in [5, 5.41) is 9.75. The van der Waals surface area contributed by atoms with Crippen molar-refractivity contribution in [2.24, 2.45) is 11.7 Å². The van der Waals surface area contributed by atoms with Crippen molar-refractivity contribution in [3.8, 4) is 0 Å². The van der Waals surface area contributed by atoms with Crippen LogP contribution in [0.2, 0.25) is 0 Å². The molecule has 0 aliphatic carbocycles. The van der Waals surface area contributed by atoms with Gasteiger partial charge in [0.2, 0.25) is 0 Å². The van der Waals surface area contributed by atoms with E-state index in [0.717, 1.165) is 4.47 Å². The van der Waals surface area contributed by atoms with E-state index in [-0.39, 0.29) is 11.5 Å². The molecular formula is C10H13BrFNO. The Morgan fingerprint density at radius 1 is 1.57 bits per heavy atom. The summed E-state index contributed by atoms with van der Waals surface area (Å²) in [5.41, 5.74) is 5.69. The molecule has 0 saturated heterocycles. The van der Waals surface area contributed by atoms with E-state index in [2.05, 4.69) is 15.9 Å². The Balaban J connectivity index is 2.99. The fraction of sp³-hybridized carbons (Fsp3) is 0.400. The van der Waals surface area contributed by atoms with Gasteiger partial charge in [-0.25, -0.2) is 4.39 Å². The highest BCUT2D eigenvalue weighted by molar-refractivity contribution is 9.10. The van der Waals surface area contributed by atoms with Crippen molar-refractivity contribution >= 4 is 15.9 Å². The molecule has 2 nitrogen and oxygen atoms in total. The van der Waals surface area contributed by atoms with Crippen LogP contribution in [0.1, 0.15) is 18.6 Å². The van der Waals surface area contributed by atoms with Gasteiger partial charge in [-0.15, -0.1) is 0 Å². The second kappa shape index (κ2) is 4.87. The minimum Gasteiger partial charge on any atom is -0.388 e. The molecule has 14 heavy (non-hydrogen) atoms. The molecule has 0 aromatic heterocycles. The van der Waals surface area contributed by atoms with E-state index >= 15 is 0 Å². The molecule has 0 bridgehead atoms. The van der Waals surface area contributed by atoms with Crippen LogP contribution >= 0.6 is 15.9 Å². The van der Waals surface area contributed by atoms with Crippen LogP contribution in [0.5, 0.6) is 0 Å². The van der Waals surface area contributed by atoms with Gasteiger partial charge in [-0.3, -0.25) is 0 Å². The average molecular weight is 262 g/mol. The molecule has 0 amide bonds. The summed E-state index contributed by atoms with van der Waals surface area (Å²) in [7, 11) is 0. The molecule has 78 valence electrons. The number of aliphatic hydroxyl groups excluding tert-OH is 1. The van der Waals surface area contributed by atoms with E-state index in [9.17, 15) is 9.50 Å². The number of nitrogens with two attached hydrogens (primary N) is 1. The van der Waals surface area contributed by atoms with Gasteiger partial charge in [0.15, 0.2) is 0 Å². The smallest absolute Gasteiger partial charge is 0.129 e. The van der Waals surface area contributed by atoms with Crippen LogP contribution in [-0.4, -0.2) is 11.7 Å². The van der Waals surface area contributed by atoms with Crippen LogP contribution in [-0.2, 0) is 0 Å². The Morgan fingerprint density at radius 2 is 2.21 bits per heavy atom. The standard InChI is InChI=1S/C10H13BrFNO/c1-6(5-13)10(14)8-4-7(11)2-3-9(8)12/h2-4,6,10,14H,5,13H2,1H3. The zero-order chi connectivity index (χ0) is 10.7. The zero-order valence-electron chi connectivity index (χ0n) is 7.87. The highest BCUT2D eigenvalue weighted by atomic mass is 79.9. The molecule has 3 N–H and O–H groups in total. The third-order valence-corrected chi connectivity index (χ3v) is 2.68. The van der Waals surface area contributed by atoms with Gasteiger partial charge in [0, 0.05) is 10.0 Å². The molecule has 0 aliphatic rings. The maximum atomic E-state index is 13.3. The zero-order valence-corrected chi connectivity index (χ0v) is 9.46. The van der Waals surface area contributed by atoms with Crippen molar-refractivity contribution in [2.75, 3.05) is 6.54 Å². The lowest BCUT2D eigenvalue weighted by atomic mass is 9.97. The average Bonchev–Trinajstić information content (AvgIpc) is 2.19. The van der Waals surface area contributed by atoms with Gasteiger partial charge in [-0.05, 0) is 30.7 Å². The molecule has 2 atom stereocenters. The van der Waals surface area contributed by atoms with Crippen LogP contribution < -0.4 is 5.73 Å². The molecule has 1 rings (SSSR count). The van der Waals surface area contributed by atoms with Crippen LogP contribution in [0.3, 0.4) is 0 Å². The van der Waals surface area contributed by atoms with Crippen molar-refractivity contribution in [2.45, 2.75) is 13.0 Å². The fourth-order valence-electron chi connectivity index (χ4n) is 1.18. The van der Waals surface area contributed by atoms with Gasteiger partial charge < -0.3 is 10.8 Å². The van der Waals surface area contributed by atoms with Gasteiger partial charge in [0.1, 0.15) is 5.82 Å². The monoisotopic (exact) mass is 261 g/mol. The van der Waals surface area contributed by atoms with Crippen molar-refractivity contribution in [1.82, 2.24) is 0 Å². The summed E-state index contributed by atoms with van der Waals surface area (Å²) in [6.07, 6.45) is -0.850. The lowest BCUT2D eigenvalue weighted by Crippen LogP contribution is -2.19. The van der Waals surface area contributed by atoms with Gasteiger partial charge in [0.05, 0.1) is 6.10 Å². The van der Waals surface area contributed by atoms with E-state index in [0.29, 0.717) is 6.54 Å². The first-order valence-corrected chi connectivity index (χ1v) is 5.18. The van der Waals surface area contributed by atoms with E-state index in [1.54, 1.807) is 19.1 Å². The molecular weight excluding hydrogens is 249 g/mol. The van der Waals surface area contributed by atoms with Gasteiger partial charge in [-0.2, -0.15) is 0 Å². The molecule has 0 saturated carbocycles. The summed E-state index contributed by atoms with van der Waals surface area (Å²) >= 11 is 3.23.